The molecule has 0 saturated heterocycles. The highest BCUT2D eigenvalue weighted by Gasteiger charge is 2.15. The lowest BCUT2D eigenvalue weighted by molar-refractivity contribution is 0.0597. The molecular weight excluding hydrogens is 360 g/mol. The third-order valence-electron chi connectivity index (χ3n) is 4.31. The number of nitrogens with zero attached hydrogens (tertiary/aromatic N) is 3. The number of benzene rings is 1. The number of hydrogen-bond acceptors (Lipinski definition) is 6. The van der Waals surface area contributed by atoms with E-state index in [1.165, 1.54) is 20.4 Å². The number of methoxy groups -OCH3 is 2. The van der Waals surface area contributed by atoms with Gasteiger partial charge in [-0.25, -0.2) is 14.5 Å². The maximum atomic E-state index is 12.5. The maximum absolute atomic E-state index is 12.5. The van der Waals surface area contributed by atoms with E-state index < -0.39 is 5.97 Å². The van der Waals surface area contributed by atoms with Gasteiger partial charge in [-0.2, -0.15) is 5.10 Å². The predicted molar refractivity (Wildman–Crippen MR) is 103 cm³/mol. The predicted octanol–water partition coefficient (Wildman–Crippen LogP) is 2.74. The summed E-state index contributed by atoms with van der Waals surface area (Å²) in [5.41, 5.74) is 2.24. The van der Waals surface area contributed by atoms with E-state index in [1.54, 1.807) is 30.5 Å². The molecule has 0 fully saturated rings. The molecule has 2 aromatic heterocycles. The van der Waals surface area contributed by atoms with Gasteiger partial charge in [0.2, 0.25) is 0 Å². The maximum Gasteiger partial charge on any atom is 0.341 e. The fraction of sp³-hybridized carbons (Fsp3) is 0.300. The molecule has 28 heavy (non-hydrogen) atoms. The summed E-state index contributed by atoms with van der Waals surface area (Å²) in [5, 5.41) is 7.94. The molecule has 8 heteroatoms. The molecular formula is C20H22N4O4. The lowest BCUT2D eigenvalue weighted by Gasteiger charge is -2.10. The van der Waals surface area contributed by atoms with Gasteiger partial charge in [0.05, 0.1) is 26.0 Å². The number of ether oxygens (including phenoxy) is 2. The molecule has 146 valence electrons. The molecule has 3 aromatic rings. The molecule has 0 unspecified atom stereocenters. The average molecular weight is 382 g/mol. The molecule has 1 aromatic carbocycles. The minimum Gasteiger partial charge on any atom is -0.496 e. The zero-order chi connectivity index (χ0) is 20.3. The summed E-state index contributed by atoms with van der Waals surface area (Å²) in [5.74, 6) is -0.345. The van der Waals surface area contributed by atoms with Crippen LogP contribution in [0.15, 0.2) is 36.7 Å². The molecule has 0 spiro atoms. The third kappa shape index (κ3) is 3.80. The van der Waals surface area contributed by atoms with Crippen molar-refractivity contribution in [2.24, 2.45) is 0 Å². The van der Waals surface area contributed by atoms with Crippen molar-refractivity contribution < 1.29 is 19.1 Å². The monoisotopic (exact) mass is 382 g/mol. The number of nitrogens with one attached hydrogen (secondary N) is 1. The Kier molecular flexibility index (Phi) is 5.58. The zero-order valence-electron chi connectivity index (χ0n) is 16.2. The van der Waals surface area contributed by atoms with E-state index in [0.29, 0.717) is 16.9 Å². The van der Waals surface area contributed by atoms with Crippen molar-refractivity contribution in [2.75, 3.05) is 14.2 Å². The van der Waals surface area contributed by atoms with Gasteiger partial charge in [0.25, 0.3) is 5.91 Å². The van der Waals surface area contributed by atoms with Crippen LogP contribution in [-0.4, -0.2) is 40.9 Å². The molecule has 0 aliphatic rings. The summed E-state index contributed by atoms with van der Waals surface area (Å²) >= 11 is 0. The van der Waals surface area contributed by atoms with Crippen molar-refractivity contribution in [3.05, 3.63) is 53.3 Å². The van der Waals surface area contributed by atoms with Crippen molar-refractivity contribution in [1.29, 1.82) is 0 Å². The number of fused-ring (bicyclic) bond motifs is 1. The molecule has 1 amide bonds. The molecule has 0 saturated carbocycles. The quantitative estimate of drug-likeness (QED) is 0.659. The van der Waals surface area contributed by atoms with Crippen LogP contribution in [0.3, 0.4) is 0 Å². The number of rotatable bonds is 6. The van der Waals surface area contributed by atoms with E-state index in [-0.39, 0.29) is 18.5 Å². The summed E-state index contributed by atoms with van der Waals surface area (Å²) in [6.45, 7) is 4.29. The number of carbonyl (C=O) groups excluding carboxylic acids is 2. The van der Waals surface area contributed by atoms with Gasteiger partial charge in [0.15, 0.2) is 5.65 Å². The minimum atomic E-state index is -0.498. The van der Waals surface area contributed by atoms with E-state index in [1.807, 2.05) is 18.5 Å². The number of esters is 1. The number of aromatic nitrogens is 3. The van der Waals surface area contributed by atoms with Crippen molar-refractivity contribution >= 4 is 22.9 Å². The Balaban J connectivity index is 1.75. The first-order valence-corrected chi connectivity index (χ1v) is 8.81. The fourth-order valence-electron chi connectivity index (χ4n) is 2.86. The fourth-order valence-corrected chi connectivity index (χ4v) is 2.86. The number of hydrogen-bond donors (Lipinski definition) is 1. The summed E-state index contributed by atoms with van der Waals surface area (Å²) < 4.78 is 11.7. The van der Waals surface area contributed by atoms with Crippen LogP contribution in [0.2, 0.25) is 0 Å². The molecule has 0 bridgehead atoms. The van der Waals surface area contributed by atoms with Gasteiger partial charge < -0.3 is 14.8 Å². The van der Waals surface area contributed by atoms with Gasteiger partial charge in [-0.05, 0) is 37.6 Å². The van der Waals surface area contributed by atoms with Crippen LogP contribution < -0.4 is 10.1 Å². The second-order valence-electron chi connectivity index (χ2n) is 6.53. The SMILES string of the molecule is COC(=O)c1cc(CNC(=O)c2cnc3c(cnn3C(C)C)c2)ccc1OC. The summed E-state index contributed by atoms with van der Waals surface area (Å²) in [7, 11) is 2.79. The molecule has 2 heterocycles. The molecule has 0 aliphatic carbocycles. The van der Waals surface area contributed by atoms with Crippen LogP contribution in [0.5, 0.6) is 5.75 Å². The molecule has 0 aliphatic heterocycles. The molecule has 0 atom stereocenters. The van der Waals surface area contributed by atoms with Crippen LogP contribution in [0, 0.1) is 0 Å². The second-order valence-corrected chi connectivity index (χ2v) is 6.53. The first-order chi connectivity index (χ1) is 13.4. The van der Waals surface area contributed by atoms with Gasteiger partial charge in [-0.1, -0.05) is 6.07 Å². The van der Waals surface area contributed by atoms with Crippen LogP contribution in [-0.2, 0) is 11.3 Å². The van der Waals surface area contributed by atoms with Crippen molar-refractivity contribution in [1.82, 2.24) is 20.1 Å². The third-order valence-corrected chi connectivity index (χ3v) is 4.31. The van der Waals surface area contributed by atoms with E-state index >= 15 is 0 Å². The zero-order valence-corrected chi connectivity index (χ0v) is 16.2. The van der Waals surface area contributed by atoms with Crippen molar-refractivity contribution in [2.45, 2.75) is 26.4 Å². The second kappa shape index (κ2) is 8.08. The van der Waals surface area contributed by atoms with E-state index in [9.17, 15) is 9.59 Å². The largest absolute Gasteiger partial charge is 0.496 e. The van der Waals surface area contributed by atoms with Crippen LogP contribution in [0.1, 0.15) is 46.2 Å². The Morgan fingerprint density at radius 1 is 1.18 bits per heavy atom. The normalized spacial score (nSPS) is 10.9. The highest BCUT2D eigenvalue weighted by atomic mass is 16.5. The molecule has 8 nitrogen and oxygen atoms in total. The Hall–Kier alpha value is -3.42. The molecule has 1 N–H and O–H groups in total. The van der Waals surface area contributed by atoms with Crippen molar-refractivity contribution in [3.63, 3.8) is 0 Å². The summed E-state index contributed by atoms with van der Waals surface area (Å²) in [6.07, 6.45) is 3.23. The smallest absolute Gasteiger partial charge is 0.341 e. The number of amides is 1. The van der Waals surface area contributed by atoms with Crippen LogP contribution in [0.4, 0.5) is 0 Å². The van der Waals surface area contributed by atoms with Gasteiger partial charge in [0.1, 0.15) is 11.3 Å². The highest BCUT2D eigenvalue weighted by Crippen LogP contribution is 2.21. The lowest BCUT2D eigenvalue weighted by Crippen LogP contribution is -2.23. The molecule has 0 radical (unpaired) electrons. The summed E-state index contributed by atoms with van der Waals surface area (Å²) in [4.78, 5) is 28.8. The van der Waals surface area contributed by atoms with E-state index in [2.05, 4.69) is 15.4 Å². The van der Waals surface area contributed by atoms with Crippen LogP contribution >= 0.6 is 0 Å². The lowest BCUT2D eigenvalue weighted by atomic mass is 10.1. The number of carbonyl (C=O) groups is 2. The van der Waals surface area contributed by atoms with Gasteiger partial charge in [-0.3, -0.25) is 4.79 Å². The standard InChI is InChI=1S/C20H22N4O4/c1-12(2)24-18-14(11-23-24)8-15(10-21-18)19(25)22-9-13-5-6-17(27-3)16(7-13)20(26)28-4/h5-8,10-12H,9H2,1-4H3,(H,22,25). The van der Waals surface area contributed by atoms with Crippen LogP contribution in [0.25, 0.3) is 11.0 Å². The van der Waals surface area contributed by atoms with Gasteiger partial charge in [0, 0.05) is 24.2 Å². The summed E-state index contributed by atoms with van der Waals surface area (Å²) in [6, 6.07) is 7.03. The minimum absolute atomic E-state index is 0.184. The Labute approximate surface area is 162 Å². The van der Waals surface area contributed by atoms with E-state index in [0.717, 1.165) is 16.6 Å². The average Bonchev–Trinajstić information content (AvgIpc) is 3.14. The first-order valence-electron chi connectivity index (χ1n) is 8.81. The first kappa shape index (κ1) is 19.3. The molecule has 3 rings (SSSR count). The Morgan fingerprint density at radius 2 is 1.96 bits per heavy atom. The van der Waals surface area contributed by atoms with Crippen molar-refractivity contribution in [3.8, 4) is 5.75 Å². The van der Waals surface area contributed by atoms with E-state index in [4.69, 9.17) is 9.47 Å². The van der Waals surface area contributed by atoms with Gasteiger partial charge in [-0.15, -0.1) is 0 Å². The number of pyridine rings is 1. The highest BCUT2D eigenvalue weighted by molar-refractivity contribution is 5.97. The topological polar surface area (TPSA) is 95.3 Å². The Bertz CT molecular complexity index is 1030. The Morgan fingerprint density at radius 3 is 2.64 bits per heavy atom. The van der Waals surface area contributed by atoms with Gasteiger partial charge >= 0.3 is 5.97 Å².